The smallest absolute Gasteiger partial charge is 0.268 e. The Kier molecular flexibility index (Phi) is 4.14. The molecular weight excluding hydrogens is 290 g/mol. The molecule has 0 bridgehead atoms. The van der Waals surface area contributed by atoms with Crippen molar-refractivity contribution in [3.63, 3.8) is 0 Å². The minimum atomic E-state index is -0.205. The van der Waals surface area contributed by atoms with Crippen molar-refractivity contribution < 1.29 is 9.59 Å². The van der Waals surface area contributed by atoms with Crippen molar-refractivity contribution in [2.24, 2.45) is 0 Å². The second-order valence-corrected chi connectivity index (χ2v) is 6.69. The molecular formula is C12H12ClNO2S2. The zero-order valence-corrected chi connectivity index (χ0v) is 12.4. The number of rotatable bonds is 3. The molecule has 1 aromatic heterocycles. The van der Waals surface area contributed by atoms with Gasteiger partial charge in [0.1, 0.15) is 0 Å². The molecule has 1 aromatic rings. The van der Waals surface area contributed by atoms with Crippen LogP contribution in [0.2, 0.25) is 4.34 Å². The molecule has 0 aliphatic carbocycles. The van der Waals surface area contributed by atoms with E-state index in [0.29, 0.717) is 9.24 Å². The first-order valence-electron chi connectivity index (χ1n) is 5.55. The van der Waals surface area contributed by atoms with Gasteiger partial charge >= 0.3 is 0 Å². The fraction of sp³-hybridized carbons (Fsp3) is 0.333. The van der Waals surface area contributed by atoms with Crippen LogP contribution in [0.5, 0.6) is 0 Å². The summed E-state index contributed by atoms with van der Waals surface area (Å²) in [6, 6.07) is 3.55. The first kappa shape index (κ1) is 13.6. The minimum Gasteiger partial charge on any atom is -0.268 e. The molecule has 0 radical (unpaired) electrons. The van der Waals surface area contributed by atoms with Gasteiger partial charge in [-0.05, 0) is 43.3 Å². The highest BCUT2D eigenvalue weighted by molar-refractivity contribution is 8.18. The van der Waals surface area contributed by atoms with Crippen LogP contribution in [0.15, 0.2) is 17.0 Å². The number of carbonyl (C=O) groups excluding carboxylic acids is 2. The summed E-state index contributed by atoms with van der Waals surface area (Å²) in [5, 5.41) is -0.191. The summed E-state index contributed by atoms with van der Waals surface area (Å²) in [7, 11) is 0. The van der Waals surface area contributed by atoms with Gasteiger partial charge in [0.2, 0.25) is 0 Å². The van der Waals surface area contributed by atoms with E-state index in [1.165, 1.54) is 16.2 Å². The van der Waals surface area contributed by atoms with Crippen LogP contribution in [0.4, 0.5) is 4.79 Å². The number of thiophene rings is 1. The number of amides is 2. The van der Waals surface area contributed by atoms with Crippen LogP contribution in [-0.4, -0.2) is 22.1 Å². The van der Waals surface area contributed by atoms with Gasteiger partial charge in [-0.3, -0.25) is 14.5 Å². The maximum Gasteiger partial charge on any atom is 0.293 e. The molecule has 0 saturated carbocycles. The highest BCUT2D eigenvalue weighted by Crippen LogP contribution is 2.35. The Morgan fingerprint density at radius 2 is 2.17 bits per heavy atom. The van der Waals surface area contributed by atoms with E-state index in [1.54, 1.807) is 12.1 Å². The first-order valence-corrected chi connectivity index (χ1v) is 7.56. The molecule has 1 atom stereocenters. The topological polar surface area (TPSA) is 37.4 Å². The molecule has 1 saturated heterocycles. The van der Waals surface area contributed by atoms with Crippen molar-refractivity contribution in [1.82, 2.24) is 4.90 Å². The average molecular weight is 302 g/mol. The summed E-state index contributed by atoms with van der Waals surface area (Å²) in [6.45, 7) is 3.83. The van der Waals surface area contributed by atoms with E-state index in [0.717, 1.165) is 23.1 Å². The third-order valence-electron chi connectivity index (χ3n) is 2.72. The summed E-state index contributed by atoms with van der Waals surface area (Å²) in [5.41, 5.74) is 0. The summed E-state index contributed by atoms with van der Waals surface area (Å²) in [4.78, 5) is 26.6. The van der Waals surface area contributed by atoms with Crippen LogP contribution in [-0.2, 0) is 4.79 Å². The van der Waals surface area contributed by atoms with E-state index in [9.17, 15) is 9.59 Å². The summed E-state index contributed by atoms with van der Waals surface area (Å²) in [6.07, 6.45) is 2.49. The molecule has 3 nitrogen and oxygen atoms in total. The summed E-state index contributed by atoms with van der Waals surface area (Å²) in [5.74, 6) is -0.205. The number of carbonyl (C=O) groups is 2. The highest BCUT2D eigenvalue weighted by Gasteiger charge is 2.37. The number of nitrogens with zero attached hydrogens (tertiary/aromatic N) is 1. The van der Waals surface area contributed by atoms with Crippen molar-refractivity contribution in [2.45, 2.75) is 26.3 Å². The summed E-state index contributed by atoms with van der Waals surface area (Å²) >= 11 is 8.21. The van der Waals surface area contributed by atoms with E-state index in [4.69, 9.17) is 11.6 Å². The summed E-state index contributed by atoms with van der Waals surface area (Å²) < 4.78 is 0.669. The molecule has 6 heteroatoms. The molecule has 0 spiro atoms. The van der Waals surface area contributed by atoms with Crippen LogP contribution in [0.25, 0.3) is 6.08 Å². The van der Waals surface area contributed by atoms with Crippen LogP contribution < -0.4 is 0 Å². The van der Waals surface area contributed by atoms with Crippen LogP contribution in [0, 0.1) is 0 Å². The standard InChI is InChI=1S/C12H12ClNO2S2/c1-3-7(2)14-11(15)9(18-12(14)16)6-8-4-5-10(13)17-8/h4-7H,3H2,1-2H3. The maximum atomic E-state index is 12.1. The van der Waals surface area contributed by atoms with E-state index < -0.39 is 0 Å². The van der Waals surface area contributed by atoms with E-state index in [-0.39, 0.29) is 17.2 Å². The number of hydrogen-bond donors (Lipinski definition) is 0. The van der Waals surface area contributed by atoms with E-state index in [2.05, 4.69) is 0 Å². The Morgan fingerprint density at radius 3 is 2.72 bits per heavy atom. The molecule has 2 rings (SSSR count). The van der Waals surface area contributed by atoms with Crippen molar-refractivity contribution >= 4 is 51.9 Å². The van der Waals surface area contributed by atoms with E-state index in [1.807, 2.05) is 19.9 Å². The van der Waals surface area contributed by atoms with Gasteiger partial charge in [-0.25, -0.2) is 0 Å². The highest BCUT2D eigenvalue weighted by atomic mass is 35.5. The molecule has 0 N–H and O–H groups in total. The van der Waals surface area contributed by atoms with Gasteiger partial charge in [-0.1, -0.05) is 18.5 Å². The molecule has 1 aliphatic rings. The second kappa shape index (κ2) is 5.47. The lowest BCUT2D eigenvalue weighted by Gasteiger charge is -2.19. The van der Waals surface area contributed by atoms with Crippen molar-refractivity contribution in [2.75, 3.05) is 0 Å². The average Bonchev–Trinajstić information content (AvgIpc) is 2.84. The number of imide groups is 1. The molecule has 2 heterocycles. The molecule has 1 fully saturated rings. The predicted octanol–water partition coefficient (Wildman–Crippen LogP) is 4.24. The van der Waals surface area contributed by atoms with E-state index >= 15 is 0 Å². The van der Waals surface area contributed by atoms with Crippen molar-refractivity contribution in [3.05, 3.63) is 26.3 Å². The quantitative estimate of drug-likeness (QED) is 0.784. The maximum absolute atomic E-state index is 12.1. The third-order valence-corrected chi connectivity index (χ3v) is 4.78. The second-order valence-electron chi connectivity index (χ2n) is 3.95. The first-order chi connectivity index (χ1) is 8.52. The van der Waals surface area contributed by atoms with Crippen LogP contribution in [0.1, 0.15) is 25.1 Å². The number of hydrogen-bond acceptors (Lipinski definition) is 4. The lowest BCUT2D eigenvalue weighted by molar-refractivity contribution is -0.124. The predicted molar refractivity (Wildman–Crippen MR) is 76.9 cm³/mol. The monoisotopic (exact) mass is 301 g/mol. The fourth-order valence-electron chi connectivity index (χ4n) is 1.58. The fourth-order valence-corrected chi connectivity index (χ4v) is 3.58. The van der Waals surface area contributed by atoms with Gasteiger partial charge in [0.05, 0.1) is 9.24 Å². The molecule has 2 amide bonds. The molecule has 18 heavy (non-hydrogen) atoms. The molecule has 96 valence electrons. The Morgan fingerprint density at radius 1 is 1.44 bits per heavy atom. The largest absolute Gasteiger partial charge is 0.293 e. The molecule has 1 unspecified atom stereocenters. The Balaban J connectivity index is 2.25. The Hall–Kier alpha value is -0.780. The van der Waals surface area contributed by atoms with Gasteiger partial charge < -0.3 is 0 Å². The normalized spacial score (nSPS) is 19.9. The Labute approximate surface area is 119 Å². The van der Waals surface area contributed by atoms with Gasteiger partial charge in [0.25, 0.3) is 11.1 Å². The zero-order valence-electron chi connectivity index (χ0n) is 9.97. The zero-order chi connectivity index (χ0) is 13.3. The SMILES string of the molecule is CCC(C)N1C(=O)SC(=Cc2ccc(Cl)s2)C1=O. The van der Waals surface area contributed by atoms with Crippen LogP contribution in [0.3, 0.4) is 0 Å². The van der Waals surface area contributed by atoms with Gasteiger partial charge in [0, 0.05) is 10.9 Å². The third kappa shape index (κ3) is 2.63. The minimum absolute atomic E-state index is 0.0599. The molecule has 1 aliphatic heterocycles. The van der Waals surface area contributed by atoms with Crippen molar-refractivity contribution in [3.8, 4) is 0 Å². The van der Waals surface area contributed by atoms with Gasteiger partial charge in [-0.15, -0.1) is 11.3 Å². The van der Waals surface area contributed by atoms with Crippen molar-refractivity contribution in [1.29, 1.82) is 0 Å². The lowest BCUT2D eigenvalue weighted by atomic mass is 10.2. The number of halogens is 1. The van der Waals surface area contributed by atoms with Gasteiger partial charge in [0.15, 0.2) is 0 Å². The van der Waals surface area contributed by atoms with Gasteiger partial charge in [-0.2, -0.15) is 0 Å². The molecule has 0 aromatic carbocycles. The number of thioether (sulfide) groups is 1. The van der Waals surface area contributed by atoms with Crippen LogP contribution >= 0.6 is 34.7 Å². The lowest BCUT2D eigenvalue weighted by Crippen LogP contribution is -2.36. The Bertz CT molecular complexity index is 524.